The summed E-state index contributed by atoms with van der Waals surface area (Å²) in [5, 5.41) is 0. The Morgan fingerprint density at radius 1 is 1.47 bits per heavy atom. The molecule has 0 aromatic heterocycles. The fraction of sp³-hybridized carbons (Fsp3) is 0.667. The van der Waals surface area contributed by atoms with Gasteiger partial charge in [-0.2, -0.15) is 0 Å². The van der Waals surface area contributed by atoms with Gasteiger partial charge < -0.3 is 14.2 Å². The van der Waals surface area contributed by atoms with Crippen LogP contribution >= 0.6 is 0 Å². The monoisotopic (exact) mass is 212 g/mol. The van der Waals surface area contributed by atoms with Crippen molar-refractivity contribution in [3.8, 4) is 0 Å². The molecule has 0 spiro atoms. The molecule has 1 rings (SSSR count). The van der Waals surface area contributed by atoms with Crippen molar-refractivity contribution in [3.05, 3.63) is 25.3 Å². The molecule has 0 radical (unpaired) electrons. The molecule has 86 valence electrons. The Morgan fingerprint density at radius 3 is 2.67 bits per heavy atom. The summed E-state index contributed by atoms with van der Waals surface area (Å²) in [6, 6.07) is 0. The Hall–Kier alpha value is -0.640. The Balaban J connectivity index is 2.48. The molecule has 0 amide bonds. The smallest absolute Gasteiger partial charge is 0.163 e. The number of hydrogen-bond donors (Lipinski definition) is 0. The van der Waals surface area contributed by atoms with E-state index in [2.05, 4.69) is 13.2 Å². The summed E-state index contributed by atoms with van der Waals surface area (Å²) in [7, 11) is 0. The first-order valence-electron chi connectivity index (χ1n) is 5.24. The fourth-order valence-corrected chi connectivity index (χ4v) is 1.58. The topological polar surface area (TPSA) is 27.7 Å². The first-order chi connectivity index (χ1) is 7.09. The molecule has 0 N–H and O–H groups in total. The van der Waals surface area contributed by atoms with Gasteiger partial charge in [-0.05, 0) is 20.3 Å². The second-order valence-corrected chi connectivity index (χ2v) is 4.05. The second kappa shape index (κ2) is 5.45. The molecular weight excluding hydrogens is 192 g/mol. The molecule has 0 aliphatic carbocycles. The van der Waals surface area contributed by atoms with Gasteiger partial charge in [0.2, 0.25) is 0 Å². The van der Waals surface area contributed by atoms with Crippen LogP contribution in [0.1, 0.15) is 20.3 Å². The molecule has 1 fully saturated rings. The van der Waals surface area contributed by atoms with Gasteiger partial charge in [0.1, 0.15) is 6.10 Å². The van der Waals surface area contributed by atoms with Crippen LogP contribution in [-0.2, 0) is 14.2 Å². The molecule has 3 heteroatoms. The van der Waals surface area contributed by atoms with Gasteiger partial charge in [0, 0.05) is 0 Å². The van der Waals surface area contributed by atoms with Crippen LogP contribution in [0.2, 0.25) is 0 Å². The lowest BCUT2D eigenvalue weighted by Crippen LogP contribution is -2.32. The average Bonchev–Trinajstić information content (AvgIpc) is 2.53. The van der Waals surface area contributed by atoms with Crippen LogP contribution in [0.5, 0.6) is 0 Å². The zero-order valence-corrected chi connectivity index (χ0v) is 9.57. The van der Waals surface area contributed by atoms with E-state index in [1.54, 1.807) is 6.08 Å². The quantitative estimate of drug-likeness (QED) is 0.632. The summed E-state index contributed by atoms with van der Waals surface area (Å²) < 4.78 is 16.8. The van der Waals surface area contributed by atoms with Gasteiger partial charge in [0.25, 0.3) is 0 Å². The van der Waals surface area contributed by atoms with Crippen molar-refractivity contribution in [1.82, 2.24) is 0 Å². The van der Waals surface area contributed by atoms with Crippen molar-refractivity contribution < 1.29 is 14.2 Å². The van der Waals surface area contributed by atoms with Crippen molar-refractivity contribution in [2.75, 3.05) is 13.2 Å². The summed E-state index contributed by atoms with van der Waals surface area (Å²) in [6.07, 6.45) is 4.32. The molecule has 1 saturated heterocycles. The first kappa shape index (κ1) is 12.4. The van der Waals surface area contributed by atoms with Gasteiger partial charge in [0.05, 0.1) is 19.3 Å². The van der Waals surface area contributed by atoms with Crippen LogP contribution < -0.4 is 0 Å². The lowest BCUT2D eigenvalue weighted by Gasteiger charge is -2.23. The highest BCUT2D eigenvalue weighted by molar-refractivity contribution is 4.85. The summed E-state index contributed by atoms with van der Waals surface area (Å²) in [4.78, 5) is 0. The third-order valence-electron chi connectivity index (χ3n) is 2.27. The third-order valence-corrected chi connectivity index (χ3v) is 2.27. The van der Waals surface area contributed by atoms with E-state index in [1.807, 2.05) is 19.9 Å². The maximum atomic E-state index is 5.73. The molecule has 3 nitrogen and oxygen atoms in total. The fourth-order valence-electron chi connectivity index (χ4n) is 1.58. The second-order valence-electron chi connectivity index (χ2n) is 4.05. The van der Waals surface area contributed by atoms with Gasteiger partial charge in [-0.15, -0.1) is 13.2 Å². The van der Waals surface area contributed by atoms with E-state index in [0.29, 0.717) is 13.2 Å². The molecule has 0 unspecified atom stereocenters. The summed E-state index contributed by atoms with van der Waals surface area (Å²) in [5.41, 5.74) is 0. The van der Waals surface area contributed by atoms with E-state index < -0.39 is 5.79 Å². The lowest BCUT2D eigenvalue weighted by molar-refractivity contribution is -0.154. The predicted molar refractivity (Wildman–Crippen MR) is 59.7 cm³/mol. The van der Waals surface area contributed by atoms with E-state index in [4.69, 9.17) is 14.2 Å². The van der Waals surface area contributed by atoms with Crippen LogP contribution in [0.15, 0.2) is 25.3 Å². The Kier molecular flexibility index (Phi) is 4.51. The predicted octanol–water partition coefficient (Wildman–Crippen LogP) is 2.29. The molecule has 0 aromatic rings. The van der Waals surface area contributed by atoms with Crippen molar-refractivity contribution in [2.24, 2.45) is 0 Å². The SMILES string of the molecule is C=CCO[C@@H](CC=C)[C@H]1COC(C)(C)O1. The highest BCUT2D eigenvalue weighted by Crippen LogP contribution is 2.26. The minimum atomic E-state index is -0.498. The molecule has 1 aliphatic heterocycles. The molecular formula is C12H20O3. The Morgan fingerprint density at radius 2 is 2.20 bits per heavy atom. The molecule has 1 aliphatic rings. The highest BCUT2D eigenvalue weighted by Gasteiger charge is 2.37. The third kappa shape index (κ3) is 3.78. The average molecular weight is 212 g/mol. The van der Waals surface area contributed by atoms with Crippen LogP contribution in [0.4, 0.5) is 0 Å². The summed E-state index contributed by atoms with van der Waals surface area (Å²) in [5.74, 6) is -0.498. The van der Waals surface area contributed by atoms with Crippen molar-refractivity contribution in [1.29, 1.82) is 0 Å². The first-order valence-corrected chi connectivity index (χ1v) is 5.24. The molecule has 0 saturated carbocycles. The van der Waals surface area contributed by atoms with E-state index in [0.717, 1.165) is 6.42 Å². The van der Waals surface area contributed by atoms with Gasteiger partial charge in [0.15, 0.2) is 5.79 Å². The van der Waals surface area contributed by atoms with Crippen molar-refractivity contribution in [2.45, 2.75) is 38.3 Å². The van der Waals surface area contributed by atoms with Crippen LogP contribution in [0, 0.1) is 0 Å². The van der Waals surface area contributed by atoms with Gasteiger partial charge >= 0.3 is 0 Å². The van der Waals surface area contributed by atoms with Crippen molar-refractivity contribution >= 4 is 0 Å². The largest absolute Gasteiger partial charge is 0.371 e. The highest BCUT2D eigenvalue weighted by atomic mass is 16.7. The number of rotatable bonds is 6. The molecule has 1 heterocycles. The zero-order chi connectivity index (χ0) is 11.3. The van der Waals surface area contributed by atoms with E-state index >= 15 is 0 Å². The van der Waals surface area contributed by atoms with Gasteiger partial charge in [-0.25, -0.2) is 0 Å². The van der Waals surface area contributed by atoms with E-state index in [1.165, 1.54) is 0 Å². The van der Waals surface area contributed by atoms with Crippen LogP contribution in [0.3, 0.4) is 0 Å². The summed E-state index contributed by atoms with van der Waals surface area (Å²) >= 11 is 0. The molecule has 0 aromatic carbocycles. The van der Waals surface area contributed by atoms with E-state index in [9.17, 15) is 0 Å². The zero-order valence-electron chi connectivity index (χ0n) is 9.57. The normalized spacial score (nSPS) is 26.1. The minimum Gasteiger partial charge on any atom is -0.371 e. The molecule has 15 heavy (non-hydrogen) atoms. The van der Waals surface area contributed by atoms with Gasteiger partial charge in [-0.1, -0.05) is 12.2 Å². The Bertz CT molecular complexity index is 223. The van der Waals surface area contributed by atoms with Gasteiger partial charge in [-0.3, -0.25) is 0 Å². The van der Waals surface area contributed by atoms with Crippen LogP contribution in [-0.4, -0.2) is 31.2 Å². The summed E-state index contributed by atoms with van der Waals surface area (Å²) in [6.45, 7) is 12.3. The molecule has 0 bridgehead atoms. The molecule has 2 atom stereocenters. The van der Waals surface area contributed by atoms with Crippen LogP contribution in [0.25, 0.3) is 0 Å². The van der Waals surface area contributed by atoms with E-state index in [-0.39, 0.29) is 12.2 Å². The lowest BCUT2D eigenvalue weighted by atomic mass is 10.1. The number of hydrogen-bond acceptors (Lipinski definition) is 3. The van der Waals surface area contributed by atoms with Crippen molar-refractivity contribution in [3.63, 3.8) is 0 Å². The number of ether oxygens (including phenoxy) is 3. The standard InChI is InChI=1S/C12H20O3/c1-5-7-10(13-8-6-2)11-9-14-12(3,4)15-11/h5-6,10-11H,1-2,7-9H2,3-4H3/t10-,11+/m0/s1. The maximum Gasteiger partial charge on any atom is 0.163 e. The minimum absolute atomic E-state index is 0.00211. The Labute approximate surface area is 91.7 Å². The maximum absolute atomic E-state index is 5.73.